The maximum atomic E-state index is 11.6. The van der Waals surface area contributed by atoms with Crippen LogP contribution in [0.3, 0.4) is 0 Å². The summed E-state index contributed by atoms with van der Waals surface area (Å²) in [6, 6.07) is 0. The van der Waals surface area contributed by atoms with Crippen LogP contribution in [0, 0.1) is 0 Å². The first-order chi connectivity index (χ1) is 9.04. The summed E-state index contributed by atoms with van der Waals surface area (Å²) in [5.41, 5.74) is 0. The van der Waals surface area contributed by atoms with Gasteiger partial charge in [0.05, 0.1) is 6.10 Å². The van der Waals surface area contributed by atoms with Crippen molar-refractivity contribution in [3.63, 3.8) is 0 Å². The molecule has 0 aromatic carbocycles. The number of ether oxygens (including phenoxy) is 3. The Morgan fingerprint density at radius 3 is 2.58 bits per heavy atom. The van der Waals surface area contributed by atoms with E-state index >= 15 is 0 Å². The SMILES string of the molecule is CCC1O[C@H](OC)C(O)[C@@H](OC(=O)CCCS)[C@@H]1O. The van der Waals surface area contributed by atoms with Crippen molar-refractivity contribution in [1.82, 2.24) is 0 Å². The molecule has 7 heteroatoms. The number of thiol groups is 1. The molecule has 112 valence electrons. The Bertz CT molecular complexity index is 271. The summed E-state index contributed by atoms with van der Waals surface area (Å²) in [6.45, 7) is 1.83. The van der Waals surface area contributed by atoms with E-state index in [9.17, 15) is 15.0 Å². The molecule has 1 aliphatic heterocycles. The van der Waals surface area contributed by atoms with Gasteiger partial charge in [0.1, 0.15) is 12.2 Å². The van der Waals surface area contributed by atoms with Gasteiger partial charge < -0.3 is 24.4 Å². The Morgan fingerprint density at radius 2 is 2.05 bits per heavy atom. The molecule has 0 radical (unpaired) electrons. The molecule has 6 nitrogen and oxygen atoms in total. The highest BCUT2D eigenvalue weighted by atomic mass is 32.1. The fourth-order valence-corrected chi connectivity index (χ4v) is 2.17. The fourth-order valence-electron chi connectivity index (χ4n) is 2.01. The van der Waals surface area contributed by atoms with E-state index in [0.29, 0.717) is 18.6 Å². The van der Waals surface area contributed by atoms with E-state index < -0.39 is 36.7 Å². The van der Waals surface area contributed by atoms with Gasteiger partial charge in [0.2, 0.25) is 0 Å². The molecule has 0 amide bonds. The first kappa shape index (κ1) is 16.7. The average Bonchev–Trinajstić information content (AvgIpc) is 2.41. The number of hydrogen-bond donors (Lipinski definition) is 3. The molecule has 1 heterocycles. The second-order valence-corrected chi connectivity index (χ2v) is 4.90. The molecular weight excluding hydrogens is 272 g/mol. The molecule has 0 spiro atoms. The third-order valence-corrected chi connectivity index (χ3v) is 3.40. The highest BCUT2D eigenvalue weighted by molar-refractivity contribution is 7.80. The molecule has 1 fully saturated rings. The van der Waals surface area contributed by atoms with Gasteiger partial charge >= 0.3 is 5.97 Å². The van der Waals surface area contributed by atoms with Crippen molar-refractivity contribution >= 4 is 18.6 Å². The lowest BCUT2D eigenvalue weighted by atomic mass is 9.97. The van der Waals surface area contributed by atoms with E-state index in [1.165, 1.54) is 7.11 Å². The average molecular weight is 294 g/mol. The molecule has 1 aliphatic rings. The molecule has 0 aromatic heterocycles. The Balaban J connectivity index is 2.67. The van der Waals surface area contributed by atoms with Gasteiger partial charge in [0, 0.05) is 13.5 Å². The topological polar surface area (TPSA) is 85.2 Å². The van der Waals surface area contributed by atoms with E-state index in [-0.39, 0.29) is 6.42 Å². The lowest BCUT2D eigenvalue weighted by Gasteiger charge is -2.41. The van der Waals surface area contributed by atoms with Gasteiger partial charge in [-0.2, -0.15) is 12.6 Å². The minimum absolute atomic E-state index is 0.203. The molecule has 0 saturated carbocycles. The maximum absolute atomic E-state index is 11.6. The fraction of sp³-hybridized carbons (Fsp3) is 0.917. The van der Waals surface area contributed by atoms with Gasteiger partial charge in [-0.05, 0) is 18.6 Å². The number of carbonyl (C=O) groups excluding carboxylic acids is 1. The van der Waals surface area contributed by atoms with Crippen LogP contribution in [0.2, 0.25) is 0 Å². The number of hydrogen-bond acceptors (Lipinski definition) is 7. The van der Waals surface area contributed by atoms with Crippen LogP contribution in [0.5, 0.6) is 0 Å². The standard InChI is InChI=1S/C12H22O6S/c1-3-7-9(14)11(10(15)12(16-2)17-7)18-8(13)5-4-6-19/h7,9-12,14-15,19H,3-6H2,1-2H3/t7?,9-,10?,11+,12+/m1/s1. The van der Waals surface area contributed by atoms with Crippen molar-refractivity contribution in [1.29, 1.82) is 0 Å². The summed E-state index contributed by atoms with van der Waals surface area (Å²) in [4.78, 5) is 11.6. The zero-order valence-electron chi connectivity index (χ0n) is 11.2. The molecule has 5 atom stereocenters. The Labute approximate surface area is 118 Å². The number of carbonyl (C=O) groups is 1. The third-order valence-electron chi connectivity index (χ3n) is 3.08. The molecule has 0 aromatic rings. The van der Waals surface area contributed by atoms with Crippen LogP contribution in [-0.2, 0) is 19.0 Å². The maximum Gasteiger partial charge on any atom is 0.306 e. The molecule has 2 unspecified atom stereocenters. The monoisotopic (exact) mass is 294 g/mol. The first-order valence-electron chi connectivity index (χ1n) is 6.39. The lowest BCUT2D eigenvalue weighted by molar-refractivity contribution is -0.293. The summed E-state index contributed by atoms with van der Waals surface area (Å²) >= 11 is 4.01. The summed E-state index contributed by atoms with van der Waals surface area (Å²) in [6.07, 6.45) is -3.42. The number of aliphatic hydroxyl groups excluding tert-OH is 2. The number of rotatable bonds is 6. The van der Waals surface area contributed by atoms with E-state index in [1.807, 2.05) is 6.92 Å². The van der Waals surface area contributed by atoms with E-state index in [0.717, 1.165) is 0 Å². The molecule has 2 N–H and O–H groups in total. The van der Waals surface area contributed by atoms with Crippen LogP contribution in [0.25, 0.3) is 0 Å². The van der Waals surface area contributed by atoms with Gasteiger partial charge in [-0.15, -0.1) is 0 Å². The van der Waals surface area contributed by atoms with Crippen molar-refractivity contribution in [2.45, 2.75) is 56.9 Å². The van der Waals surface area contributed by atoms with E-state index in [1.54, 1.807) is 0 Å². The van der Waals surface area contributed by atoms with Crippen molar-refractivity contribution in [2.75, 3.05) is 12.9 Å². The quantitative estimate of drug-likeness (QED) is 0.476. The highest BCUT2D eigenvalue weighted by Gasteiger charge is 2.46. The van der Waals surface area contributed by atoms with E-state index in [4.69, 9.17) is 14.2 Å². The van der Waals surface area contributed by atoms with Crippen molar-refractivity contribution in [3.8, 4) is 0 Å². The van der Waals surface area contributed by atoms with Crippen molar-refractivity contribution in [3.05, 3.63) is 0 Å². The predicted octanol–water partition coefficient (Wildman–Crippen LogP) is 0.111. The summed E-state index contributed by atoms with van der Waals surface area (Å²) in [5, 5.41) is 20.0. The third kappa shape index (κ3) is 4.32. The smallest absolute Gasteiger partial charge is 0.306 e. The highest BCUT2D eigenvalue weighted by Crippen LogP contribution is 2.26. The molecule has 1 rings (SSSR count). The van der Waals surface area contributed by atoms with Crippen LogP contribution >= 0.6 is 12.6 Å². The van der Waals surface area contributed by atoms with Crippen LogP contribution in [0.4, 0.5) is 0 Å². The zero-order valence-corrected chi connectivity index (χ0v) is 12.1. The predicted molar refractivity (Wildman–Crippen MR) is 70.9 cm³/mol. The molecule has 0 aliphatic carbocycles. The Hall–Kier alpha value is -0.340. The number of esters is 1. The largest absolute Gasteiger partial charge is 0.456 e. The van der Waals surface area contributed by atoms with Gasteiger partial charge in [-0.3, -0.25) is 4.79 Å². The summed E-state index contributed by atoms with van der Waals surface area (Å²) < 4.78 is 15.5. The van der Waals surface area contributed by atoms with Crippen LogP contribution in [-0.4, -0.2) is 59.8 Å². The molecular formula is C12H22O6S. The number of aliphatic hydroxyl groups is 2. The van der Waals surface area contributed by atoms with Crippen LogP contribution in [0.1, 0.15) is 26.2 Å². The normalized spacial score (nSPS) is 35.1. The van der Waals surface area contributed by atoms with Crippen LogP contribution < -0.4 is 0 Å². The molecule has 0 bridgehead atoms. The van der Waals surface area contributed by atoms with Crippen LogP contribution in [0.15, 0.2) is 0 Å². The van der Waals surface area contributed by atoms with Gasteiger partial charge in [0.15, 0.2) is 12.4 Å². The zero-order chi connectivity index (χ0) is 14.4. The van der Waals surface area contributed by atoms with Gasteiger partial charge in [-0.25, -0.2) is 0 Å². The van der Waals surface area contributed by atoms with Gasteiger partial charge in [0.25, 0.3) is 0 Å². The molecule has 19 heavy (non-hydrogen) atoms. The summed E-state index contributed by atoms with van der Waals surface area (Å²) in [5.74, 6) is 0.107. The van der Waals surface area contributed by atoms with E-state index in [2.05, 4.69) is 12.6 Å². The lowest BCUT2D eigenvalue weighted by Crippen LogP contribution is -2.59. The van der Waals surface area contributed by atoms with Gasteiger partial charge in [-0.1, -0.05) is 6.92 Å². The Morgan fingerprint density at radius 1 is 1.37 bits per heavy atom. The first-order valence-corrected chi connectivity index (χ1v) is 7.03. The number of methoxy groups -OCH3 is 1. The second-order valence-electron chi connectivity index (χ2n) is 4.45. The second kappa shape index (κ2) is 8.06. The minimum Gasteiger partial charge on any atom is -0.456 e. The Kier molecular flexibility index (Phi) is 7.09. The minimum atomic E-state index is -1.21. The van der Waals surface area contributed by atoms with Crippen molar-refractivity contribution < 1.29 is 29.2 Å². The molecule has 1 saturated heterocycles. The van der Waals surface area contributed by atoms with Crippen molar-refractivity contribution in [2.24, 2.45) is 0 Å². The summed E-state index contributed by atoms with van der Waals surface area (Å²) in [7, 11) is 1.39.